The lowest BCUT2D eigenvalue weighted by Crippen LogP contribution is -2.06. The number of aromatic nitrogens is 2. The van der Waals surface area contributed by atoms with Crippen LogP contribution < -0.4 is 0 Å². The molecule has 1 aromatic heterocycles. The predicted molar refractivity (Wildman–Crippen MR) is 80.4 cm³/mol. The molecule has 1 aromatic carbocycles. The van der Waals surface area contributed by atoms with Crippen LogP contribution in [-0.2, 0) is 19.9 Å². The topological polar surface area (TPSA) is 38.0 Å². The van der Waals surface area contributed by atoms with Crippen molar-refractivity contribution in [3.8, 4) is 0 Å². The summed E-state index contributed by atoms with van der Waals surface area (Å²) in [6.07, 6.45) is 0.848. The van der Waals surface area contributed by atoms with Crippen LogP contribution in [0.5, 0.6) is 0 Å². The fourth-order valence-electron chi connectivity index (χ4n) is 1.97. The standard InChI is InChI=1S/C14H16BrClN2O/c1-3-10-7-11(18(2)17-10)8-14(19)9-4-5-12(15)13(16)6-9/h4-7,14,19H,3,8H2,1-2H3. The van der Waals surface area contributed by atoms with Crippen LogP contribution in [0.2, 0.25) is 5.02 Å². The van der Waals surface area contributed by atoms with E-state index in [0.717, 1.165) is 27.8 Å². The highest BCUT2D eigenvalue weighted by Crippen LogP contribution is 2.27. The van der Waals surface area contributed by atoms with Gasteiger partial charge in [-0.2, -0.15) is 5.10 Å². The summed E-state index contributed by atoms with van der Waals surface area (Å²) in [5, 5.41) is 15.3. The van der Waals surface area contributed by atoms with E-state index >= 15 is 0 Å². The van der Waals surface area contributed by atoms with E-state index in [1.165, 1.54) is 0 Å². The maximum atomic E-state index is 10.3. The molecule has 0 spiro atoms. The van der Waals surface area contributed by atoms with Crippen LogP contribution in [0.3, 0.4) is 0 Å². The average molecular weight is 344 g/mol. The molecule has 1 unspecified atom stereocenters. The van der Waals surface area contributed by atoms with Crippen molar-refractivity contribution in [1.29, 1.82) is 0 Å². The number of aliphatic hydroxyl groups is 1. The summed E-state index contributed by atoms with van der Waals surface area (Å²) in [5.74, 6) is 0. The second kappa shape index (κ2) is 6.07. The van der Waals surface area contributed by atoms with Crippen LogP contribution in [0.25, 0.3) is 0 Å². The van der Waals surface area contributed by atoms with E-state index in [1.807, 2.05) is 29.9 Å². The van der Waals surface area contributed by atoms with Gasteiger partial charge in [0, 0.05) is 23.6 Å². The molecule has 19 heavy (non-hydrogen) atoms. The van der Waals surface area contributed by atoms with Crippen molar-refractivity contribution < 1.29 is 5.11 Å². The number of benzene rings is 1. The smallest absolute Gasteiger partial charge is 0.0845 e. The first-order chi connectivity index (χ1) is 9.01. The molecule has 3 nitrogen and oxygen atoms in total. The van der Waals surface area contributed by atoms with Gasteiger partial charge < -0.3 is 5.11 Å². The molecular weight excluding hydrogens is 328 g/mol. The van der Waals surface area contributed by atoms with Crippen molar-refractivity contribution in [3.63, 3.8) is 0 Å². The summed E-state index contributed by atoms with van der Waals surface area (Å²) in [4.78, 5) is 0. The Morgan fingerprint density at radius 1 is 1.42 bits per heavy atom. The highest BCUT2D eigenvalue weighted by atomic mass is 79.9. The second-order valence-electron chi connectivity index (χ2n) is 4.50. The molecule has 2 rings (SSSR count). The Morgan fingerprint density at radius 3 is 2.74 bits per heavy atom. The minimum absolute atomic E-state index is 0.529. The minimum Gasteiger partial charge on any atom is -0.388 e. The van der Waals surface area contributed by atoms with Crippen molar-refractivity contribution in [2.45, 2.75) is 25.9 Å². The first-order valence-corrected chi connectivity index (χ1v) is 7.33. The summed E-state index contributed by atoms with van der Waals surface area (Å²) in [5.41, 5.74) is 2.87. The zero-order valence-electron chi connectivity index (χ0n) is 10.9. The SMILES string of the molecule is CCc1cc(CC(O)c2ccc(Br)c(Cl)c2)n(C)n1. The molecule has 0 bridgehead atoms. The van der Waals surface area contributed by atoms with Crippen LogP contribution in [0.4, 0.5) is 0 Å². The molecule has 0 aliphatic carbocycles. The lowest BCUT2D eigenvalue weighted by Gasteiger charge is -2.12. The van der Waals surface area contributed by atoms with Gasteiger partial charge in [0.2, 0.25) is 0 Å². The second-order valence-corrected chi connectivity index (χ2v) is 5.76. The normalized spacial score (nSPS) is 12.7. The first-order valence-electron chi connectivity index (χ1n) is 6.16. The van der Waals surface area contributed by atoms with Crippen molar-refractivity contribution in [2.24, 2.45) is 7.05 Å². The Hall–Kier alpha value is -0.840. The molecule has 0 fully saturated rings. The molecule has 0 aliphatic heterocycles. The van der Waals surface area contributed by atoms with Gasteiger partial charge >= 0.3 is 0 Å². The molecule has 102 valence electrons. The van der Waals surface area contributed by atoms with E-state index < -0.39 is 6.10 Å². The Morgan fingerprint density at radius 2 is 2.16 bits per heavy atom. The summed E-state index contributed by atoms with van der Waals surface area (Å²) >= 11 is 9.39. The number of aryl methyl sites for hydroxylation is 2. The Labute approximate surface area is 126 Å². The zero-order valence-corrected chi connectivity index (χ0v) is 13.2. The molecule has 0 saturated carbocycles. The largest absolute Gasteiger partial charge is 0.388 e. The van der Waals surface area contributed by atoms with E-state index in [4.69, 9.17) is 11.6 Å². The van der Waals surface area contributed by atoms with Gasteiger partial charge in [-0.25, -0.2) is 0 Å². The van der Waals surface area contributed by atoms with E-state index in [1.54, 1.807) is 6.07 Å². The Balaban J connectivity index is 2.17. The quantitative estimate of drug-likeness (QED) is 0.919. The lowest BCUT2D eigenvalue weighted by molar-refractivity contribution is 0.176. The summed E-state index contributed by atoms with van der Waals surface area (Å²) in [6, 6.07) is 7.54. The highest BCUT2D eigenvalue weighted by molar-refractivity contribution is 9.10. The van der Waals surface area contributed by atoms with E-state index in [2.05, 4.69) is 28.0 Å². The monoisotopic (exact) mass is 342 g/mol. The molecular formula is C14H16BrClN2O. The molecule has 5 heteroatoms. The maximum Gasteiger partial charge on any atom is 0.0845 e. The van der Waals surface area contributed by atoms with Crippen LogP contribution in [-0.4, -0.2) is 14.9 Å². The molecule has 0 radical (unpaired) electrons. The van der Waals surface area contributed by atoms with Gasteiger partial charge in [-0.15, -0.1) is 0 Å². The van der Waals surface area contributed by atoms with Crippen molar-refractivity contribution >= 4 is 27.5 Å². The Bertz CT molecular complexity index is 583. The van der Waals surface area contributed by atoms with E-state index in [0.29, 0.717) is 11.4 Å². The number of nitrogens with zero attached hydrogens (tertiary/aromatic N) is 2. The summed E-state index contributed by atoms with van der Waals surface area (Å²) < 4.78 is 2.65. The van der Waals surface area contributed by atoms with Crippen molar-refractivity contribution in [1.82, 2.24) is 9.78 Å². The minimum atomic E-state index is -0.578. The molecule has 1 N–H and O–H groups in total. The third-order valence-corrected chi connectivity index (χ3v) is 4.35. The summed E-state index contributed by atoms with van der Waals surface area (Å²) in [6.45, 7) is 2.07. The van der Waals surface area contributed by atoms with Gasteiger partial charge in [-0.1, -0.05) is 24.6 Å². The van der Waals surface area contributed by atoms with E-state index in [9.17, 15) is 5.11 Å². The van der Waals surface area contributed by atoms with Gasteiger partial charge in [0.25, 0.3) is 0 Å². The van der Waals surface area contributed by atoms with Crippen LogP contribution >= 0.6 is 27.5 Å². The third-order valence-electron chi connectivity index (χ3n) is 3.12. The van der Waals surface area contributed by atoms with Gasteiger partial charge in [-0.05, 0) is 46.1 Å². The summed E-state index contributed by atoms with van der Waals surface area (Å²) in [7, 11) is 1.90. The zero-order chi connectivity index (χ0) is 14.0. The van der Waals surface area contributed by atoms with Crippen molar-refractivity contribution in [3.05, 3.63) is 50.7 Å². The molecule has 0 amide bonds. The third kappa shape index (κ3) is 3.38. The lowest BCUT2D eigenvalue weighted by atomic mass is 10.0. The molecule has 0 aliphatic rings. The maximum absolute atomic E-state index is 10.3. The van der Waals surface area contributed by atoms with Gasteiger partial charge in [0.15, 0.2) is 0 Å². The molecule has 1 atom stereocenters. The number of aliphatic hydroxyl groups excluding tert-OH is 1. The number of halogens is 2. The highest BCUT2D eigenvalue weighted by Gasteiger charge is 2.13. The molecule has 1 heterocycles. The predicted octanol–water partition coefficient (Wildman–Crippen LogP) is 3.67. The molecule has 0 saturated heterocycles. The number of hydrogen-bond donors (Lipinski definition) is 1. The van der Waals surface area contributed by atoms with Crippen LogP contribution in [0, 0.1) is 0 Å². The molecule has 2 aromatic rings. The van der Waals surface area contributed by atoms with Gasteiger partial charge in [0.1, 0.15) is 0 Å². The van der Waals surface area contributed by atoms with Crippen molar-refractivity contribution in [2.75, 3.05) is 0 Å². The van der Waals surface area contributed by atoms with E-state index in [-0.39, 0.29) is 0 Å². The first kappa shape index (κ1) is 14.6. The van der Waals surface area contributed by atoms with Gasteiger partial charge in [-0.3, -0.25) is 4.68 Å². The fraction of sp³-hybridized carbons (Fsp3) is 0.357. The number of hydrogen-bond acceptors (Lipinski definition) is 2. The number of rotatable bonds is 4. The fourth-order valence-corrected chi connectivity index (χ4v) is 2.41. The van der Waals surface area contributed by atoms with Crippen LogP contribution in [0.15, 0.2) is 28.7 Å². The van der Waals surface area contributed by atoms with Crippen LogP contribution in [0.1, 0.15) is 30.0 Å². The van der Waals surface area contributed by atoms with Gasteiger partial charge in [0.05, 0.1) is 16.8 Å². The Kier molecular flexibility index (Phi) is 4.66. The average Bonchev–Trinajstić information content (AvgIpc) is 2.73.